The van der Waals surface area contributed by atoms with Gasteiger partial charge in [0.25, 0.3) is 0 Å². The highest BCUT2D eigenvalue weighted by atomic mass is 16.7. The third kappa shape index (κ3) is 2.88. The highest BCUT2D eigenvalue weighted by molar-refractivity contribution is 6.03. The van der Waals surface area contributed by atoms with Gasteiger partial charge >= 0.3 is 0 Å². The predicted molar refractivity (Wildman–Crippen MR) is 122 cm³/mol. The van der Waals surface area contributed by atoms with Crippen molar-refractivity contribution in [1.82, 2.24) is 0 Å². The molecule has 0 amide bonds. The first-order valence-electron chi connectivity index (χ1n) is 12.4. The maximum Gasteiger partial charge on any atom is 0.190 e. The summed E-state index contributed by atoms with van der Waals surface area (Å²) in [7, 11) is 1.55. The third-order valence-corrected chi connectivity index (χ3v) is 9.58. The first-order chi connectivity index (χ1) is 15.6. The van der Waals surface area contributed by atoms with Crippen molar-refractivity contribution < 1.29 is 38.7 Å². The summed E-state index contributed by atoms with van der Waals surface area (Å²) in [4.78, 5) is 13.6. The fraction of sp³-hybridized carbons (Fsp3) is 0.885. The van der Waals surface area contributed by atoms with Gasteiger partial charge in [-0.05, 0) is 45.8 Å². The van der Waals surface area contributed by atoms with Crippen LogP contribution in [0.4, 0.5) is 0 Å². The second-order valence-electron chi connectivity index (χ2n) is 12.8. The zero-order valence-corrected chi connectivity index (χ0v) is 21.6. The second-order valence-corrected chi connectivity index (χ2v) is 12.8. The molecule has 2 spiro atoms. The largest absolute Gasteiger partial charge is 0.390 e. The minimum absolute atomic E-state index is 0.00260. The number of rotatable bonds is 4. The van der Waals surface area contributed by atoms with E-state index in [-0.39, 0.29) is 24.6 Å². The molecule has 5 rings (SSSR count). The van der Waals surface area contributed by atoms with Crippen molar-refractivity contribution >= 4 is 5.78 Å². The fourth-order valence-corrected chi connectivity index (χ4v) is 7.76. The molecular weight excluding hydrogens is 440 g/mol. The second kappa shape index (κ2) is 7.12. The van der Waals surface area contributed by atoms with Gasteiger partial charge in [-0.15, -0.1) is 0 Å². The van der Waals surface area contributed by atoms with Crippen LogP contribution in [0.2, 0.25) is 0 Å². The molecule has 2 saturated carbocycles. The standard InChI is InChI=1S/C26H40O8/c1-14-9-16(28)26-20(34-26)19-23(7,11-18(31-13-30-8)25(14,29)22(26,5)6)17(33-21(2,3)4)10-15(27)24(19)12-32-24/h9,15,17-20,27,29H,10-13H2,1-8H3/t15-,17-,18+,19+,20+,23+,24-,25-,26+/m0/s1. The van der Waals surface area contributed by atoms with E-state index in [2.05, 4.69) is 6.92 Å². The summed E-state index contributed by atoms with van der Waals surface area (Å²) in [6.45, 7) is 14.1. The lowest BCUT2D eigenvalue weighted by molar-refractivity contribution is -0.244. The molecule has 2 saturated heterocycles. The molecule has 0 radical (unpaired) electrons. The molecule has 192 valence electrons. The lowest BCUT2D eigenvalue weighted by atomic mass is 9.46. The number of ether oxygens (including phenoxy) is 5. The minimum atomic E-state index is -1.47. The molecule has 0 aromatic rings. The molecule has 2 bridgehead atoms. The lowest BCUT2D eigenvalue weighted by Gasteiger charge is -2.60. The number of methoxy groups -OCH3 is 1. The van der Waals surface area contributed by atoms with Crippen molar-refractivity contribution in [1.29, 1.82) is 0 Å². The normalized spacial score (nSPS) is 51.2. The zero-order chi connectivity index (χ0) is 25.1. The quantitative estimate of drug-likeness (QED) is 0.465. The molecule has 4 fully saturated rings. The summed E-state index contributed by atoms with van der Waals surface area (Å²) < 4.78 is 30.5. The van der Waals surface area contributed by atoms with E-state index < -0.39 is 51.5 Å². The summed E-state index contributed by atoms with van der Waals surface area (Å²) in [6, 6.07) is 0. The first-order valence-corrected chi connectivity index (χ1v) is 12.4. The maximum atomic E-state index is 13.6. The van der Waals surface area contributed by atoms with Crippen molar-refractivity contribution in [2.24, 2.45) is 16.7 Å². The van der Waals surface area contributed by atoms with Crippen LogP contribution >= 0.6 is 0 Å². The van der Waals surface area contributed by atoms with Crippen LogP contribution in [0.15, 0.2) is 11.6 Å². The van der Waals surface area contributed by atoms with Crippen molar-refractivity contribution in [3.63, 3.8) is 0 Å². The third-order valence-electron chi connectivity index (χ3n) is 9.58. The van der Waals surface area contributed by atoms with E-state index in [1.54, 1.807) is 14.0 Å². The molecule has 3 aliphatic carbocycles. The van der Waals surface area contributed by atoms with E-state index in [0.717, 1.165) is 0 Å². The Labute approximate surface area is 201 Å². The Morgan fingerprint density at radius 3 is 2.41 bits per heavy atom. The van der Waals surface area contributed by atoms with Crippen molar-refractivity contribution in [2.75, 3.05) is 20.5 Å². The van der Waals surface area contributed by atoms with E-state index in [4.69, 9.17) is 23.7 Å². The van der Waals surface area contributed by atoms with Crippen LogP contribution in [0.1, 0.15) is 61.3 Å². The molecule has 9 atom stereocenters. The highest BCUT2D eigenvalue weighted by Crippen LogP contribution is 2.72. The van der Waals surface area contributed by atoms with Crippen molar-refractivity contribution in [3.05, 3.63) is 11.6 Å². The molecule has 0 aromatic carbocycles. The smallest absolute Gasteiger partial charge is 0.190 e. The molecule has 5 aliphatic rings. The van der Waals surface area contributed by atoms with Gasteiger partial charge in [0, 0.05) is 30.3 Å². The molecule has 8 nitrogen and oxygen atoms in total. The van der Waals surface area contributed by atoms with Gasteiger partial charge < -0.3 is 33.9 Å². The van der Waals surface area contributed by atoms with Crippen LogP contribution in [0.3, 0.4) is 0 Å². The lowest BCUT2D eigenvalue weighted by Crippen LogP contribution is -2.72. The highest BCUT2D eigenvalue weighted by Gasteiger charge is 2.86. The number of carbonyl (C=O) groups is 1. The maximum absolute atomic E-state index is 13.6. The minimum Gasteiger partial charge on any atom is -0.390 e. The molecule has 2 heterocycles. The average molecular weight is 481 g/mol. The Morgan fingerprint density at radius 1 is 1.21 bits per heavy atom. The van der Waals surface area contributed by atoms with Crippen molar-refractivity contribution in [3.8, 4) is 0 Å². The number of hydrogen-bond acceptors (Lipinski definition) is 8. The van der Waals surface area contributed by atoms with Gasteiger partial charge in [0.15, 0.2) is 11.4 Å². The average Bonchev–Trinajstić information content (AvgIpc) is 3.62. The first kappa shape index (κ1) is 24.8. The van der Waals surface area contributed by atoms with Crippen LogP contribution < -0.4 is 0 Å². The Balaban J connectivity index is 1.72. The van der Waals surface area contributed by atoms with Gasteiger partial charge in [0.1, 0.15) is 24.1 Å². The number of epoxide rings is 2. The molecule has 0 unspecified atom stereocenters. The van der Waals surface area contributed by atoms with Gasteiger partial charge in [-0.3, -0.25) is 4.79 Å². The summed E-state index contributed by atoms with van der Waals surface area (Å²) in [5.41, 5.74) is -5.00. The van der Waals surface area contributed by atoms with Gasteiger partial charge in [-0.1, -0.05) is 20.8 Å². The Kier molecular flexibility index (Phi) is 5.20. The fourth-order valence-electron chi connectivity index (χ4n) is 7.76. The molecule has 34 heavy (non-hydrogen) atoms. The Bertz CT molecular complexity index is 916. The van der Waals surface area contributed by atoms with E-state index in [1.807, 2.05) is 34.6 Å². The SMILES string of the molecule is COCO[C@@H]1C[C@]2(C)[C@@H](OC(C)(C)C)C[C@H](O)[C@@]3(CO3)[C@@H]2[C@H]2O[C@]23C(=O)C=C(C)[C@@]1(O)C3(C)C. The predicted octanol–water partition coefficient (Wildman–Crippen LogP) is 2.14. The summed E-state index contributed by atoms with van der Waals surface area (Å²) in [5, 5.41) is 23.7. The molecule has 2 N–H and O–H groups in total. The van der Waals surface area contributed by atoms with E-state index in [0.29, 0.717) is 25.0 Å². The van der Waals surface area contributed by atoms with Gasteiger partial charge in [-0.25, -0.2) is 0 Å². The molecule has 0 aromatic heterocycles. The monoisotopic (exact) mass is 480 g/mol. The Morgan fingerprint density at radius 2 is 1.85 bits per heavy atom. The zero-order valence-electron chi connectivity index (χ0n) is 21.6. The molecular formula is C26H40O8. The number of hydrogen-bond donors (Lipinski definition) is 2. The number of fused-ring (bicyclic) bond motifs is 4. The van der Waals surface area contributed by atoms with E-state index >= 15 is 0 Å². The number of aliphatic hydroxyl groups is 2. The van der Waals surface area contributed by atoms with Gasteiger partial charge in [-0.2, -0.15) is 0 Å². The van der Waals surface area contributed by atoms with Crippen LogP contribution in [-0.2, 0) is 28.5 Å². The summed E-state index contributed by atoms with van der Waals surface area (Å²) >= 11 is 0. The van der Waals surface area contributed by atoms with Crippen LogP contribution in [0, 0.1) is 16.7 Å². The van der Waals surface area contributed by atoms with Crippen LogP contribution in [-0.4, -0.2) is 83.3 Å². The summed E-state index contributed by atoms with van der Waals surface area (Å²) in [6.07, 6.45) is 0.0265. The van der Waals surface area contributed by atoms with Gasteiger partial charge in [0.05, 0.1) is 30.5 Å². The van der Waals surface area contributed by atoms with Gasteiger partial charge in [0.2, 0.25) is 0 Å². The number of carbonyl (C=O) groups excluding carboxylic acids is 1. The number of aliphatic hydroxyl groups excluding tert-OH is 1. The molecule has 2 aliphatic heterocycles. The topological polar surface area (TPSA) is 110 Å². The van der Waals surface area contributed by atoms with E-state index in [9.17, 15) is 15.0 Å². The van der Waals surface area contributed by atoms with Crippen LogP contribution in [0.5, 0.6) is 0 Å². The summed E-state index contributed by atoms with van der Waals surface area (Å²) in [5.74, 6) is -0.465. The Hall–Kier alpha value is -0.870. The van der Waals surface area contributed by atoms with Crippen molar-refractivity contribution in [2.45, 2.75) is 108 Å². The van der Waals surface area contributed by atoms with Crippen LogP contribution in [0.25, 0.3) is 0 Å². The molecule has 8 heteroatoms. The van der Waals surface area contributed by atoms with E-state index in [1.165, 1.54) is 6.08 Å². The number of ketones is 1.